The number of nitrogens with one attached hydrogen (secondary N) is 9. The standard InChI is InChI=1S/C55H72N12O9S/c1-32(61-52(73)43(24-26-77-4)63-47(68)30-57)49(70)60-33(2)50(71)65-45(28-37-19-14-18-36-17-8-9-20-39(36)37)53(74)62-34(3)51(72)66-46(29-38-31-59-41-22-11-10-21-40(38)41)55(76)67-44(27-35-15-6-5-7-16-35)54(75)64-42(48(58)69)23-12-13-25-56/h5-11,14-22,31-34,42-46,59H,12-13,23-30,56-57H2,1-4H3,(H2,58,69)(H,60,70)(H,61,73)(H,62,74)(H,63,68)(H,64,75)(H,65,71)(H,66,72)(H,67,76)/t32-,33+,34+,42-,43-,44-,45+,46+/m0/s1. The first-order valence-corrected chi connectivity index (χ1v) is 27.0. The van der Waals surface area contributed by atoms with Crippen molar-refractivity contribution in [3.8, 4) is 0 Å². The van der Waals surface area contributed by atoms with E-state index in [0.29, 0.717) is 41.8 Å². The number of carbonyl (C=O) groups is 9. The average Bonchev–Trinajstić information content (AvgIpc) is 3.83. The maximum absolute atomic E-state index is 14.6. The zero-order chi connectivity index (χ0) is 56.0. The minimum Gasteiger partial charge on any atom is -0.368 e. The topological polar surface area (TPSA) is 344 Å². The largest absolute Gasteiger partial charge is 0.368 e. The van der Waals surface area contributed by atoms with E-state index in [1.54, 1.807) is 42.6 Å². The van der Waals surface area contributed by atoms with Gasteiger partial charge in [-0.1, -0.05) is 91.0 Å². The summed E-state index contributed by atoms with van der Waals surface area (Å²) in [6.45, 7) is 4.28. The first-order valence-electron chi connectivity index (χ1n) is 25.6. The molecule has 0 unspecified atom stereocenters. The third-order valence-electron chi connectivity index (χ3n) is 12.9. The van der Waals surface area contributed by atoms with E-state index >= 15 is 0 Å². The van der Waals surface area contributed by atoms with Crippen LogP contribution >= 0.6 is 11.8 Å². The second-order valence-electron chi connectivity index (χ2n) is 18.8. The SMILES string of the molecule is CSCC[C@H](NC(=O)CN)C(=O)N[C@@H](C)C(=O)N[C@H](C)C(=O)N[C@H](Cc1cccc2ccccc12)C(=O)N[C@H](C)C(=O)N[C@H](Cc1c[nH]c2ccccc12)C(=O)N[C@@H](Cc1ccccc1)C(=O)N[C@@H](CCCCN)C(N)=O. The summed E-state index contributed by atoms with van der Waals surface area (Å²) in [5.74, 6) is -5.81. The molecule has 0 bridgehead atoms. The highest BCUT2D eigenvalue weighted by Crippen LogP contribution is 2.22. The molecule has 4 aromatic carbocycles. The third-order valence-corrected chi connectivity index (χ3v) is 13.5. The van der Waals surface area contributed by atoms with Crippen molar-refractivity contribution in [2.24, 2.45) is 17.2 Å². The Morgan fingerprint density at radius 2 is 0.987 bits per heavy atom. The van der Waals surface area contributed by atoms with Gasteiger partial charge in [-0.25, -0.2) is 0 Å². The summed E-state index contributed by atoms with van der Waals surface area (Å²) in [4.78, 5) is 125. The number of para-hydroxylation sites is 1. The van der Waals surface area contributed by atoms with E-state index in [4.69, 9.17) is 17.2 Å². The molecule has 0 saturated carbocycles. The summed E-state index contributed by atoms with van der Waals surface area (Å²) in [6, 6.07) is 19.7. The molecule has 0 aliphatic heterocycles. The zero-order valence-electron chi connectivity index (χ0n) is 43.8. The number of rotatable bonds is 30. The molecule has 15 N–H and O–H groups in total. The Morgan fingerprint density at radius 3 is 1.60 bits per heavy atom. The molecule has 412 valence electrons. The predicted molar refractivity (Wildman–Crippen MR) is 296 cm³/mol. The van der Waals surface area contributed by atoms with Crippen LogP contribution in [-0.2, 0) is 62.4 Å². The molecule has 0 radical (unpaired) electrons. The Hall–Kier alpha value is -7.82. The monoisotopic (exact) mass is 1080 g/mol. The molecule has 1 aromatic heterocycles. The molecule has 1 heterocycles. The van der Waals surface area contributed by atoms with Crippen LogP contribution < -0.4 is 59.7 Å². The first-order chi connectivity index (χ1) is 36.9. The molecule has 0 spiro atoms. The summed E-state index contributed by atoms with van der Waals surface area (Å²) < 4.78 is 0. The van der Waals surface area contributed by atoms with Crippen LogP contribution in [0.3, 0.4) is 0 Å². The van der Waals surface area contributed by atoms with Crippen molar-refractivity contribution in [3.05, 3.63) is 120 Å². The Balaban J connectivity index is 1.36. The quantitative estimate of drug-likeness (QED) is 0.0282. The highest BCUT2D eigenvalue weighted by atomic mass is 32.2. The van der Waals surface area contributed by atoms with Crippen LogP contribution in [0.5, 0.6) is 0 Å². The number of carbonyl (C=O) groups excluding carboxylic acids is 9. The average molecular weight is 1080 g/mol. The molecule has 21 nitrogen and oxygen atoms in total. The van der Waals surface area contributed by atoms with Crippen LogP contribution in [0.1, 0.15) is 63.1 Å². The van der Waals surface area contributed by atoms with Gasteiger partial charge in [-0.3, -0.25) is 43.2 Å². The summed E-state index contributed by atoms with van der Waals surface area (Å²) in [7, 11) is 0. The van der Waals surface area contributed by atoms with Crippen LogP contribution in [0.25, 0.3) is 21.7 Å². The van der Waals surface area contributed by atoms with Gasteiger partial charge >= 0.3 is 0 Å². The zero-order valence-corrected chi connectivity index (χ0v) is 44.6. The molecule has 0 aliphatic carbocycles. The molecule has 0 saturated heterocycles. The molecule has 22 heteroatoms. The van der Waals surface area contributed by atoms with Gasteiger partial charge in [0.15, 0.2) is 0 Å². The fraction of sp³-hybridized carbons (Fsp3) is 0.400. The Morgan fingerprint density at radius 1 is 0.494 bits per heavy atom. The normalized spacial score (nSPS) is 14.3. The van der Waals surface area contributed by atoms with Gasteiger partial charge in [0.2, 0.25) is 53.2 Å². The minimum atomic E-state index is -1.32. The van der Waals surface area contributed by atoms with Crippen molar-refractivity contribution < 1.29 is 43.2 Å². The number of H-pyrrole nitrogens is 1. The van der Waals surface area contributed by atoms with Crippen molar-refractivity contribution in [1.29, 1.82) is 0 Å². The highest BCUT2D eigenvalue weighted by Gasteiger charge is 2.33. The van der Waals surface area contributed by atoms with Crippen LogP contribution in [0, 0.1) is 0 Å². The molecule has 0 fully saturated rings. The van der Waals surface area contributed by atoms with E-state index in [1.165, 1.54) is 32.5 Å². The van der Waals surface area contributed by atoms with E-state index in [2.05, 4.69) is 47.5 Å². The van der Waals surface area contributed by atoms with Gasteiger partial charge in [0.05, 0.1) is 6.54 Å². The minimum absolute atomic E-state index is 0.0179. The molecule has 77 heavy (non-hydrogen) atoms. The Kier molecular flexibility index (Phi) is 23.4. The number of unbranched alkanes of at least 4 members (excludes halogenated alkanes) is 1. The summed E-state index contributed by atoms with van der Waals surface area (Å²) in [5.41, 5.74) is 19.6. The van der Waals surface area contributed by atoms with Gasteiger partial charge in [0, 0.05) is 36.4 Å². The molecular weight excluding hydrogens is 1000 g/mol. The predicted octanol–water partition coefficient (Wildman–Crippen LogP) is 0.613. The van der Waals surface area contributed by atoms with Crippen LogP contribution in [0.2, 0.25) is 0 Å². The fourth-order valence-electron chi connectivity index (χ4n) is 8.53. The molecule has 0 aliphatic rings. The van der Waals surface area contributed by atoms with Gasteiger partial charge in [-0.15, -0.1) is 0 Å². The number of benzene rings is 4. The third kappa shape index (κ3) is 18.2. The van der Waals surface area contributed by atoms with Crippen LogP contribution in [-0.4, -0.2) is 132 Å². The van der Waals surface area contributed by atoms with Crippen molar-refractivity contribution in [2.45, 2.75) is 114 Å². The molecule has 8 atom stereocenters. The van der Waals surface area contributed by atoms with Gasteiger partial charge in [-0.2, -0.15) is 11.8 Å². The van der Waals surface area contributed by atoms with E-state index in [0.717, 1.165) is 21.7 Å². The van der Waals surface area contributed by atoms with Crippen LogP contribution in [0.4, 0.5) is 0 Å². The second kappa shape index (κ2) is 30.1. The number of nitrogens with two attached hydrogens (primary N) is 3. The number of hydrogen-bond acceptors (Lipinski definition) is 12. The van der Waals surface area contributed by atoms with Gasteiger partial charge in [-0.05, 0) is 98.5 Å². The maximum Gasteiger partial charge on any atom is 0.243 e. The Bertz CT molecular complexity index is 2840. The summed E-state index contributed by atoms with van der Waals surface area (Å²) in [5, 5.41) is 23.9. The molecule has 5 aromatic rings. The van der Waals surface area contributed by atoms with E-state index in [1.807, 2.05) is 66.9 Å². The van der Waals surface area contributed by atoms with E-state index < -0.39 is 101 Å². The lowest BCUT2D eigenvalue weighted by atomic mass is 9.98. The van der Waals surface area contributed by atoms with Gasteiger partial charge < -0.3 is 64.7 Å². The lowest BCUT2D eigenvalue weighted by Gasteiger charge is -2.27. The smallest absolute Gasteiger partial charge is 0.243 e. The second-order valence-corrected chi connectivity index (χ2v) is 19.8. The van der Waals surface area contributed by atoms with E-state index in [-0.39, 0.29) is 38.6 Å². The number of aromatic amines is 1. The number of thioether (sulfide) groups is 1. The number of hydrogen-bond donors (Lipinski definition) is 12. The number of amides is 9. The van der Waals surface area contributed by atoms with Crippen molar-refractivity contribution in [2.75, 3.05) is 25.1 Å². The highest BCUT2D eigenvalue weighted by molar-refractivity contribution is 7.98. The number of primary amides is 1. The fourth-order valence-corrected chi connectivity index (χ4v) is 9.00. The van der Waals surface area contributed by atoms with E-state index in [9.17, 15) is 43.2 Å². The molecule has 5 rings (SSSR count). The number of fused-ring (bicyclic) bond motifs is 2. The van der Waals surface area contributed by atoms with Crippen molar-refractivity contribution in [1.82, 2.24) is 47.5 Å². The molecule has 9 amide bonds. The Labute approximate surface area is 451 Å². The summed E-state index contributed by atoms with van der Waals surface area (Å²) in [6.07, 6.45) is 5.09. The van der Waals surface area contributed by atoms with Crippen LogP contribution in [0.15, 0.2) is 103 Å². The van der Waals surface area contributed by atoms with Crippen molar-refractivity contribution >= 4 is 86.6 Å². The summed E-state index contributed by atoms with van der Waals surface area (Å²) >= 11 is 1.47. The number of aromatic nitrogens is 1. The lowest BCUT2D eigenvalue weighted by Crippen LogP contribution is -2.60. The molecular formula is C55H72N12O9S. The van der Waals surface area contributed by atoms with Gasteiger partial charge in [0.25, 0.3) is 0 Å². The lowest BCUT2D eigenvalue weighted by molar-refractivity contribution is -0.135. The van der Waals surface area contributed by atoms with Gasteiger partial charge in [0.1, 0.15) is 48.3 Å². The van der Waals surface area contributed by atoms with Crippen molar-refractivity contribution in [3.63, 3.8) is 0 Å². The first kappa shape index (κ1) is 60.0. The maximum atomic E-state index is 14.6.